The van der Waals surface area contributed by atoms with Crippen LogP contribution in [0.3, 0.4) is 0 Å². The molecule has 0 unspecified atom stereocenters. The van der Waals surface area contributed by atoms with E-state index in [1.165, 1.54) is 14.0 Å². The van der Waals surface area contributed by atoms with Crippen LogP contribution in [-0.2, 0) is 9.59 Å². The molecule has 0 aliphatic carbocycles. The Morgan fingerprint density at radius 3 is 2.28 bits per heavy atom. The summed E-state index contributed by atoms with van der Waals surface area (Å²) in [5.41, 5.74) is 1.03. The van der Waals surface area contributed by atoms with Crippen molar-refractivity contribution in [1.82, 2.24) is 0 Å². The highest BCUT2D eigenvalue weighted by Gasteiger charge is 2.09. The summed E-state index contributed by atoms with van der Waals surface area (Å²) in [4.78, 5) is 23.1. The SMILES string of the molecule is COc1ccc(NC(C)=O)cc1NCC(=O)Nc1cc(F)cc(F)c1. The van der Waals surface area contributed by atoms with Gasteiger partial charge in [0.05, 0.1) is 19.3 Å². The van der Waals surface area contributed by atoms with Crippen LogP contribution in [0.2, 0.25) is 0 Å². The molecule has 0 aromatic heterocycles. The highest BCUT2D eigenvalue weighted by Crippen LogP contribution is 2.27. The zero-order chi connectivity index (χ0) is 18.4. The Bertz CT molecular complexity index is 776. The summed E-state index contributed by atoms with van der Waals surface area (Å²) in [6.45, 7) is 1.21. The van der Waals surface area contributed by atoms with Crippen molar-refractivity contribution in [2.75, 3.05) is 29.6 Å². The van der Waals surface area contributed by atoms with E-state index in [0.717, 1.165) is 12.1 Å². The van der Waals surface area contributed by atoms with Gasteiger partial charge in [0, 0.05) is 24.4 Å². The zero-order valence-electron chi connectivity index (χ0n) is 13.7. The Morgan fingerprint density at radius 2 is 1.68 bits per heavy atom. The Kier molecular flexibility index (Phi) is 5.89. The zero-order valence-corrected chi connectivity index (χ0v) is 13.7. The van der Waals surface area contributed by atoms with Gasteiger partial charge in [-0.05, 0) is 30.3 Å². The van der Waals surface area contributed by atoms with E-state index in [9.17, 15) is 18.4 Å². The molecule has 0 bridgehead atoms. The molecule has 0 saturated heterocycles. The Balaban J connectivity index is 2.03. The van der Waals surface area contributed by atoms with E-state index in [1.807, 2.05) is 0 Å². The highest BCUT2D eigenvalue weighted by atomic mass is 19.1. The third kappa shape index (κ3) is 5.45. The van der Waals surface area contributed by atoms with Crippen LogP contribution in [0.15, 0.2) is 36.4 Å². The summed E-state index contributed by atoms with van der Waals surface area (Å²) in [6.07, 6.45) is 0. The quantitative estimate of drug-likeness (QED) is 0.749. The lowest BCUT2D eigenvalue weighted by Gasteiger charge is -2.13. The van der Waals surface area contributed by atoms with Crippen molar-refractivity contribution in [1.29, 1.82) is 0 Å². The van der Waals surface area contributed by atoms with E-state index in [0.29, 0.717) is 23.2 Å². The van der Waals surface area contributed by atoms with Gasteiger partial charge in [0.1, 0.15) is 17.4 Å². The van der Waals surface area contributed by atoms with Crippen molar-refractivity contribution in [3.8, 4) is 5.75 Å². The van der Waals surface area contributed by atoms with Crippen molar-refractivity contribution in [2.45, 2.75) is 6.92 Å². The third-order valence-corrected chi connectivity index (χ3v) is 3.11. The molecule has 132 valence electrons. The predicted molar refractivity (Wildman–Crippen MR) is 90.8 cm³/mol. The lowest BCUT2D eigenvalue weighted by atomic mass is 10.2. The largest absolute Gasteiger partial charge is 0.495 e. The molecule has 2 amide bonds. The van der Waals surface area contributed by atoms with Crippen LogP contribution in [0.1, 0.15) is 6.92 Å². The highest BCUT2D eigenvalue weighted by molar-refractivity contribution is 5.94. The summed E-state index contributed by atoms with van der Waals surface area (Å²) < 4.78 is 31.4. The minimum atomic E-state index is -0.784. The maximum absolute atomic E-state index is 13.1. The molecule has 0 aliphatic rings. The Morgan fingerprint density at radius 1 is 1.00 bits per heavy atom. The summed E-state index contributed by atoms with van der Waals surface area (Å²) in [5.74, 6) is -1.83. The molecule has 3 N–H and O–H groups in total. The second-order valence-electron chi connectivity index (χ2n) is 5.16. The average Bonchev–Trinajstić information content (AvgIpc) is 2.51. The molecule has 2 rings (SSSR count). The molecule has 0 spiro atoms. The van der Waals surface area contributed by atoms with E-state index in [1.54, 1.807) is 18.2 Å². The molecule has 25 heavy (non-hydrogen) atoms. The number of ether oxygens (including phenoxy) is 1. The number of carbonyl (C=O) groups is 2. The summed E-state index contributed by atoms with van der Waals surface area (Å²) in [6, 6.07) is 7.63. The number of anilines is 3. The number of halogens is 2. The van der Waals surface area contributed by atoms with Crippen LogP contribution >= 0.6 is 0 Å². The van der Waals surface area contributed by atoms with Gasteiger partial charge in [-0.1, -0.05) is 0 Å². The average molecular weight is 349 g/mol. The smallest absolute Gasteiger partial charge is 0.243 e. The minimum absolute atomic E-state index is 0.0169. The third-order valence-electron chi connectivity index (χ3n) is 3.11. The van der Waals surface area contributed by atoms with E-state index in [4.69, 9.17) is 4.74 Å². The standard InChI is InChI=1S/C17H17F2N3O3/c1-10(23)21-13-3-4-16(25-2)15(8-13)20-9-17(24)22-14-6-11(18)5-12(19)7-14/h3-8,20H,9H2,1-2H3,(H,21,23)(H,22,24). The molecule has 0 aliphatic heterocycles. The van der Waals surface area contributed by atoms with E-state index in [2.05, 4.69) is 16.0 Å². The van der Waals surface area contributed by atoms with Gasteiger partial charge in [-0.25, -0.2) is 8.78 Å². The first kappa shape index (κ1) is 18.2. The number of benzene rings is 2. The van der Waals surface area contributed by atoms with Gasteiger partial charge in [-0.3, -0.25) is 9.59 Å². The van der Waals surface area contributed by atoms with Crippen molar-refractivity contribution >= 4 is 28.9 Å². The number of hydrogen-bond acceptors (Lipinski definition) is 4. The first-order chi connectivity index (χ1) is 11.9. The number of methoxy groups -OCH3 is 1. The van der Waals surface area contributed by atoms with E-state index >= 15 is 0 Å². The van der Waals surface area contributed by atoms with Gasteiger partial charge < -0.3 is 20.7 Å². The topological polar surface area (TPSA) is 79.5 Å². The van der Waals surface area contributed by atoms with E-state index in [-0.39, 0.29) is 18.1 Å². The molecule has 0 fully saturated rings. The molecular formula is C17H17F2N3O3. The number of amides is 2. The maximum Gasteiger partial charge on any atom is 0.243 e. The monoisotopic (exact) mass is 349 g/mol. The second-order valence-corrected chi connectivity index (χ2v) is 5.16. The fraction of sp³-hybridized carbons (Fsp3) is 0.176. The molecule has 2 aromatic carbocycles. The molecule has 6 nitrogen and oxygen atoms in total. The van der Waals surface area contributed by atoms with Crippen molar-refractivity contribution < 1.29 is 23.1 Å². The number of carbonyl (C=O) groups excluding carboxylic acids is 2. The van der Waals surface area contributed by atoms with Crippen molar-refractivity contribution in [3.05, 3.63) is 48.0 Å². The number of hydrogen-bond donors (Lipinski definition) is 3. The van der Waals surface area contributed by atoms with E-state index < -0.39 is 17.5 Å². The van der Waals surface area contributed by atoms with Crippen LogP contribution in [-0.4, -0.2) is 25.5 Å². The number of nitrogens with one attached hydrogen (secondary N) is 3. The van der Waals surface area contributed by atoms with Crippen molar-refractivity contribution in [3.63, 3.8) is 0 Å². The fourth-order valence-electron chi connectivity index (χ4n) is 2.13. The summed E-state index contributed by atoms with van der Waals surface area (Å²) in [5, 5.41) is 7.86. The van der Waals surface area contributed by atoms with Crippen LogP contribution in [0.5, 0.6) is 5.75 Å². The van der Waals surface area contributed by atoms with Crippen LogP contribution in [0.25, 0.3) is 0 Å². The summed E-state index contributed by atoms with van der Waals surface area (Å²) >= 11 is 0. The molecule has 0 heterocycles. The predicted octanol–water partition coefficient (Wildman–Crippen LogP) is 2.98. The number of rotatable bonds is 6. The Hall–Kier alpha value is -3.16. The molecular weight excluding hydrogens is 332 g/mol. The van der Waals surface area contributed by atoms with Gasteiger partial charge in [0.2, 0.25) is 11.8 Å². The molecule has 0 atom stereocenters. The van der Waals surface area contributed by atoms with Gasteiger partial charge in [-0.2, -0.15) is 0 Å². The molecule has 8 heteroatoms. The Labute approximate surface area is 143 Å². The van der Waals surface area contributed by atoms with Crippen LogP contribution in [0, 0.1) is 11.6 Å². The first-order valence-corrected chi connectivity index (χ1v) is 7.33. The summed E-state index contributed by atoms with van der Waals surface area (Å²) in [7, 11) is 1.47. The van der Waals surface area contributed by atoms with Crippen molar-refractivity contribution in [2.24, 2.45) is 0 Å². The molecule has 2 aromatic rings. The second kappa shape index (κ2) is 8.09. The van der Waals surface area contributed by atoms with Gasteiger partial charge in [0.15, 0.2) is 0 Å². The van der Waals surface area contributed by atoms with Gasteiger partial charge in [0.25, 0.3) is 0 Å². The van der Waals surface area contributed by atoms with Crippen LogP contribution < -0.4 is 20.7 Å². The van der Waals surface area contributed by atoms with Gasteiger partial charge in [-0.15, -0.1) is 0 Å². The fourth-order valence-corrected chi connectivity index (χ4v) is 2.13. The minimum Gasteiger partial charge on any atom is -0.495 e. The molecule has 0 saturated carbocycles. The normalized spacial score (nSPS) is 10.1. The maximum atomic E-state index is 13.1. The van der Waals surface area contributed by atoms with Gasteiger partial charge >= 0.3 is 0 Å². The lowest BCUT2D eigenvalue weighted by molar-refractivity contribution is -0.115. The first-order valence-electron chi connectivity index (χ1n) is 7.33. The lowest BCUT2D eigenvalue weighted by Crippen LogP contribution is -2.22. The van der Waals surface area contributed by atoms with Crippen LogP contribution in [0.4, 0.5) is 25.8 Å². The molecule has 0 radical (unpaired) electrons.